The minimum atomic E-state index is -1.29. The van der Waals surface area contributed by atoms with E-state index in [9.17, 15) is 14.4 Å². The van der Waals surface area contributed by atoms with Gasteiger partial charge in [-0.3, -0.25) is 14.5 Å². The second-order valence-corrected chi connectivity index (χ2v) is 10.1. The Morgan fingerprint density at radius 2 is 1.67 bits per heavy atom. The Kier molecular flexibility index (Phi) is 7.41. The van der Waals surface area contributed by atoms with Crippen molar-refractivity contribution in [2.75, 3.05) is 29.9 Å². The minimum Gasteiger partial charge on any atom is -0.341 e. The van der Waals surface area contributed by atoms with Gasteiger partial charge in [-0.1, -0.05) is 60.7 Å². The lowest BCUT2D eigenvalue weighted by Gasteiger charge is -2.27. The third-order valence-electron chi connectivity index (χ3n) is 7.16. The average Bonchev–Trinajstić information content (AvgIpc) is 3.69. The first-order valence-electron chi connectivity index (χ1n) is 13.7. The number of carbonyl (C=O) groups is 3. The maximum absolute atomic E-state index is 14.0. The number of tetrazole rings is 1. The second-order valence-electron chi connectivity index (χ2n) is 10.1. The number of anilines is 2. The van der Waals surface area contributed by atoms with E-state index in [0.29, 0.717) is 47.1 Å². The summed E-state index contributed by atoms with van der Waals surface area (Å²) in [6.07, 6.45) is 0.593. The fourth-order valence-corrected chi connectivity index (χ4v) is 5.14. The number of rotatable bonds is 6. The van der Waals surface area contributed by atoms with Gasteiger partial charge in [-0.15, -0.1) is 10.2 Å². The van der Waals surface area contributed by atoms with Gasteiger partial charge in [-0.05, 0) is 36.3 Å². The molecule has 3 aromatic carbocycles. The Hall–Kier alpha value is -5.39. The van der Waals surface area contributed by atoms with Gasteiger partial charge in [0.05, 0.1) is 18.4 Å². The van der Waals surface area contributed by atoms with Crippen LogP contribution in [0.25, 0.3) is 11.4 Å². The van der Waals surface area contributed by atoms with Crippen molar-refractivity contribution < 1.29 is 14.4 Å². The highest BCUT2D eigenvalue weighted by molar-refractivity contribution is 6.21. The van der Waals surface area contributed by atoms with Crippen molar-refractivity contribution in [3.63, 3.8) is 0 Å². The maximum atomic E-state index is 14.0. The zero-order chi connectivity index (χ0) is 29.1. The van der Waals surface area contributed by atoms with Crippen LogP contribution in [0.5, 0.6) is 0 Å². The predicted octanol–water partition coefficient (Wildman–Crippen LogP) is 2.83. The summed E-state index contributed by atoms with van der Waals surface area (Å²) in [7, 11) is 1.67. The number of amides is 4. The van der Waals surface area contributed by atoms with Crippen molar-refractivity contribution >= 4 is 34.9 Å². The lowest BCUT2D eigenvalue weighted by atomic mass is 10.0. The van der Waals surface area contributed by atoms with Crippen LogP contribution in [0, 0.1) is 0 Å². The highest BCUT2D eigenvalue weighted by Gasteiger charge is 2.35. The van der Waals surface area contributed by atoms with E-state index in [1.165, 1.54) is 9.70 Å². The number of carbonyl (C=O) groups excluding carboxylic acids is 3. The molecule has 12 heteroatoms. The normalized spacial score (nSPS) is 16.5. The number of aryl methyl sites for hydroxylation is 1. The van der Waals surface area contributed by atoms with E-state index in [4.69, 9.17) is 4.99 Å². The molecule has 1 saturated heterocycles. The van der Waals surface area contributed by atoms with Crippen LogP contribution in [-0.4, -0.2) is 74.5 Å². The van der Waals surface area contributed by atoms with Gasteiger partial charge in [0.15, 0.2) is 0 Å². The van der Waals surface area contributed by atoms with E-state index < -0.39 is 18.1 Å². The molecular formula is C30H29N9O3. The van der Waals surface area contributed by atoms with Gasteiger partial charge in [-0.25, -0.2) is 9.79 Å². The molecule has 6 rings (SSSR count). The fourth-order valence-electron chi connectivity index (χ4n) is 5.14. The van der Waals surface area contributed by atoms with Crippen molar-refractivity contribution in [1.29, 1.82) is 0 Å². The molecule has 3 heterocycles. The first-order chi connectivity index (χ1) is 20.5. The highest BCUT2D eigenvalue weighted by atomic mass is 16.2. The van der Waals surface area contributed by atoms with E-state index in [0.717, 1.165) is 18.4 Å². The van der Waals surface area contributed by atoms with E-state index in [1.807, 2.05) is 48.5 Å². The van der Waals surface area contributed by atoms with E-state index in [2.05, 4.69) is 26.0 Å². The molecule has 0 saturated carbocycles. The monoisotopic (exact) mass is 563 g/mol. The van der Waals surface area contributed by atoms with Crippen molar-refractivity contribution in [3.8, 4) is 11.4 Å². The number of likely N-dealkylation sites (tertiary alicyclic amines) is 1. The summed E-state index contributed by atoms with van der Waals surface area (Å²) in [5, 5.41) is 17.6. The number of fused-ring (bicyclic) bond motifs is 1. The first-order valence-corrected chi connectivity index (χ1v) is 13.7. The Morgan fingerprint density at radius 1 is 0.929 bits per heavy atom. The zero-order valence-electron chi connectivity index (χ0n) is 23.0. The summed E-state index contributed by atoms with van der Waals surface area (Å²) in [4.78, 5) is 49.9. The molecule has 12 nitrogen and oxygen atoms in total. The van der Waals surface area contributed by atoms with E-state index in [-0.39, 0.29) is 12.5 Å². The molecule has 2 aliphatic rings. The molecule has 1 fully saturated rings. The fraction of sp³-hybridized carbons (Fsp3) is 0.233. The van der Waals surface area contributed by atoms with Crippen molar-refractivity contribution in [3.05, 3.63) is 90.0 Å². The highest BCUT2D eigenvalue weighted by Crippen LogP contribution is 2.29. The van der Waals surface area contributed by atoms with Crippen molar-refractivity contribution in [1.82, 2.24) is 30.4 Å². The zero-order valence-corrected chi connectivity index (χ0v) is 23.0. The van der Waals surface area contributed by atoms with Gasteiger partial charge in [-0.2, -0.15) is 4.80 Å². The summed E-state index contributed by atoms with van der Waals surface area (Å²) in [5.74, 6) is -0.237. The molecule has 2 N–H and O–H groups in total. The van der Waals surface area contributed by atoms with Crippen LogP contribution >= 0.6 is 0 Å². The topological polar surface area (TPSA) is 138 Å². The summed E-state index contributed by atoms with van der Waals surface area (Å²) in [5.41, 5.74) is 3.71. The van der Waals surface area contributed by atoms with Gasteiger partial charge in [0, 0.05) is 35.5 Å². The Bertz CT molecular complexity index is 1660. The molecule has 1 atom stereocenters. The predicted molar refractivity (Wildman–Crippen MR) is 157 cm³/mol. The summed E-state index contributed by atoms with van der Waals surface area (Å²) in [6, 6.07) is 23.2. The number of nitrogens with one attached hydrogen (secondary N) is 2. The van der Waals surface area contributed by atoms with Gasteiger partial charge < -0.3 is 15.5 Å². The van der Waals surface area contributed by atoms with Crippen LogP contribution in [0.3, 0.4) is 0 Å². The van der Waals surface area contributed by atoms with Crippen LogP contribution in [0.4, 0.5) is 16.2 Å². The maximum Gasteiger partial charge on any atom is 0.321 e. The van der Waals surface area contributed by atoms with Crippen molar-refractivity contribution in [2.45, 2.75) is 19.0 Å². The van der Waals surface area contributed by atoms with Crippen LogP contribution in [0.2, 0.25) is 0 Å². The third kappa shape index (κ3) is 5.59. The lowest BCUT2D eigenvalue weighted by Crippen LogP contribution is -2.51. The first kappa shape index (κ1) is 26.8. The molecule has 0 bridgehead atoms. The molecule has 0 radical (unpaired) electrons. The van der Waals surface area contributed by atoms with Crippen LogP contribution in [-0.2, 0) is 16.6 Å². The summed E-state index contributed by atoms with van der Waals surface area (Å²) < 4.78 is 0. The van der Waals surface area contributed by atoms with Gasteiger partial charge in [0.25, 0.3) is 5.91 Å². The number of hydrogen-bond acceptors (Lipinski definition) is 7. The Morgan fingerprint density at radius 3 is 2.43 bits per heavy atom. The SMILES string of the molecule is Cn1nnc(-c2cccc(NC(=O)NC3N=C(c4ccccc4)c4ccccc4N(CC(=O)N4CCCC4)C3=O)c2)n1. The van der Waals surface area contributed by atoms with E-state index >= 15 is 0 Å². The molecule has 4 amide bonds. The summed E-state index contributed by atoms with van der Waals surface area (Å²) in [6.45, 7) is 1.18. The smallest absolute Gasteiger partial charge is 0.321 e. The minimum absolute atomic E-state index is 0.142. The number of benzene rings is 3. The third-order valence-corrected chi connectivity index (χ3v) is 7.16. The number of aliphatic imine (C=N–C) groups is 1. The van der Waals surface area contributed by atoms with Crippen LogP contribution in [0.1, 0.15) is 24.0 Å². The molecule has 4 aromatic rings. The molecule has 2 aliphatic heterocycles. The van der Waals surface area contributed by atoms with E-state index in [1.54, 1.807) is 42.3 Å². The number of benzodiazepines with no additional fused rings is 1. The summed E-state index contributed by atoms with van der Waals surface area (Å²) >= 11 is 0. The molecule has 0 aliphatic carbocycles. The van der Waals surface area contributed by atoms with Crippen LogP contribution < -0.4 is 15.5 Å². The Labute approximate surface area is 242 Å². The van der Waals surface area contributed by atoms with Gasteiger partial charge in [0.2, 0.25) is 17.9 Å². The number of nitrogens with zero attached hydrogens (tertiary/aromatic N) is 7. The average molecular weight is 564 g/mol. The number of urea groups is 1. The second kappa shape index (κ2) is 11.6. The largest absolute Gasteiger partial charge is 0.341 e. The molecular weight excluding hydrogens is 534 g/mol. The van der Waals surface area contributed by atoms with Gasteiger partial charge in [0.1, 0.15) is 6.54 Å². The number of hydrogen-bond donors (Lipinski definition) is 2. The molecule has 1 aromatic heterocycles. The molecule has 0 spiro atoms. The molecule has 1 unspecified atom stereocenters. The van der Waals surface area contributed by atoms with Crippen molar-refractivity contribution in [2.24, 2.45) is 12.0 Å². The van der Waals surface area contributed by atoms with Crippen LogP contribution in [0.15, 0.2) is 83.9 Å². The Balaban J connectivity index is 1.31. The standard InChI is InChI=1S/C30H29N9O3/c1-37-35-27(34-36-37)21-12-9-13-22(18-21)31-30(42)33-28-29(41)39(19-25(40)38-16-7-8-17-38)24-15-6-5-14-23(24)26(32-28)20-10-3-2-4-11-20/h2-6,9-15,18,28H,7-8,16-17,19H2,1H3,(H2,31,33,42). The number of aromatic nitrogens is 4. The number of para-hydroxylation sites is 1. The molecule has 42 heavy (non-hydrogen) atoms. The quantitative estimate of drug-likeness (QED) is 0.370. The lowest BCUT2D eigenvalue weighted by molar-refractivity contribution is -0.130. The molecule has 212 valence electrons. The van der Waals surface area contributed by atoms with Gasteiger partial charge >= 0.3 is 6.03 Å².